The van der Waals surface area contributed by atoms with Gasteiger partial charge in [0.25, 0.3) is 11.6 Å². The lowest BCUT2D eigenvalue weighted by Gasteiger charge is -2.32. The van der Waals surface area contributed by atoms with Gasteiger partial charge in [-0.2, -0.15) is 13.2 Å². The van der Waals surface area contributed by atoms with E-state index in [2.05, 4.69) is 15.1 Å². The molecule has 10 heteroatoms. The maximum atomic E-state index is 13.6. The number of rotatable bonds is 3. The zero-order chi connectivity index (χ0) is 20.8. The number of nitrogens with zero attached hydrogens (tertiary/aromatic N) is 5. The van der Waals surface area contributed by atoms with E-state index in [4.69, 9.17) is 4.52 Å². The molecule has 0 aromatic carbocycles. The number of carbonyl (C=O) groups is 1. The van der Waals surface area contributed by atoms with Crippen LogP contribution in [0.2, 0.25) is 0 Å². The Morgan fingerprint density at radius 1 is 1.38 bits per heavy atom. The summed E-state index contributed by atoms with van der Waals surface area (Å²) in [6.45, 7) is 4.81. The van der Waals surface area contributed by atoms with Crippen molar-refractivity contribution in [3.8, 4) is 0 Å². The van der Waals surface area contributed by atoms with Crippen LogP contribution in [0.1, 0.15) is 53.1 Å². The van der Waals surface area contributed by atoms with E-state index in [1.807, 2.05) is 6.92 Å². The van der Waals surface area contributed by atoms with Gasteiger partial charge in [-0.1, -0.05) is 5.16 Å². The van der Waals surface area contributed by atoms with Gasteiger partial charge in [0.2, 0.25) is 0 Å². The molecular weight excluding hydrogens is 387 g/mol. The zero-order valence-electron chi connectivity index (χ0n) is 16.0. The standard InChI is InChI=1S/C19H20F3N5O2/c1-3-26-10-23-8-15(26)18(28)27-6-4-5-12(9-27)14-7-13(19(20,21)22)16-11(2)25-29-17(16)24-14/h7-8,10,12H,3-6,9H2,1-2H3/t12-/m0/s1. The summed E-state index contributed by atoms with van der Waals surface area (Å²) in [5.41, 5.74) is -0.0379. The molecule has 1 fully saturated rings. The quantitative estimate of drug-likeness (QED) is 0.660. The lowest BCUT2D eigenvalue weighted by atomic mass is 9.92. The first-order valence-corrected chi connectivity index (χ1v) is 9.43. The number of aromatic nitrogens is 4. The molecule has 1 atom stereocenters. The van der Waals surface area contributed by atoms with E-state index < -0.39 is 11.7 Å². The molecule has 3 aromatic rings. The topological polar surface area (TPSA) is 77.0 Å². The Morgan fingerprint density at radius 3 is 2.90 bits per heavy atom. The Kier molecular flexibility index (Phi) is 4.79. The van der Waals surface area contributed by atoms with Crippen molar-refractivity contribution in [2.45, 2.75) is 45.3 Å². The average Bonchev–Trinajstić information content (AvgIpc) is 3.33. The van der Waals surface area contributed by atoms with E-state index in [-0.39, 0.29) is 40.9 Å². The lowest BCUT2D eigenvalue weighted by molar-refractivity contribution is -0.136. The fourth-order valence-electron chi connectivity index (χ4n) is 3.86. The van der Waals surface area contributed by atoms with Crippen LogP contribution in [0.4, 0.5) is 13.2 Å². The fraction of sp³-hybridized carbons (Fsp3) is 0.474. The van der Waals surface area contributed by atoms with Gasteiger partial charge in [0, 0.05) is 25.6 Å². The first kappa shape index (κ1) is 19.4. The van der Waals surface area contributed by atoms with Gasteiger partial charge in [-0.15, -0.1) is 0 Å². The highest BCUT2D eigenvalue weighted by Crippen LogP contribution is 2.38. The number of fused-ring (bicyclic) bond motifs is 1. The molecule has 7 nitrogen and oxygen atoms in total. The summed E-state index contributed by atoms with van der Waals surface area (Å²) in [5.74, 6) is -0.497. The summed E-state index contributed by atoms with van der Waals surface area (Å²) in [6.07, 6.45) is -0.137. The third-order valence-electron chi connectivity index (χ3n) is 5.34. The molecule has 29 heavy (non-hydrogen) atoms. The second kappa shape index (κ2) is 7.16. The lowest BCUT2D eigenvalue weighted by Crippen LogP contribution is -2.40. The van der Waals surface area contributed by atoms with Gasteiger partial charge in [-0.25, -0.2) is 9.97 Å². The molecule has 4 rings (SSSR count). The molecule has 0 aliphatic carbocycles. The van der Waals surface area contributed by atoms with Crippen molar-refractivity contribution >= 4 is 17.0 Å². The van der Waals surface area contributed by atoms with E-state index >= 15 is 0 Å². The highest BCUT2D eigenvalue weighted by molar-refractivity contribution is 5.92. The van der Waals surface area contributed by atoms with Crippen LogP contribution in [0, 0.1) is 6.92 Å². The van der Waals surface area contributed by atoms with Crippen molar-refractivity contribution in [2.24, 2.45) is 0 Å². The van der Waals surface area contributed by atoms with Crippen LogP contribution in [0.3, 0.4) is 0 Å². The number of alkyl halides is 3. The maximum absolute atomic E-state index is 13.6. The molecule has 154 valence electrons. The molecule has 0 unspecified atom stereocenters. The number of hydrogen-bond acceptors (Lipinski definition) is 5. The Balaban J connectivity index is 1.66. The summed E-state index contributed by atoms with van der Waals surface area (Å²) in [7, 11) is 0. The van der Waals surface area contributed by atoms with Crippen molar-refractivity contribution in [1.82, 2.24) is 24.6 Å². The second-order valence-electron chi connectivity index (χ2n) is 7.20. The van der Waals surface area contributed by atoms with Crippen molar-refractivity contribution in [3.63, 3.8) is 0 Å². The number of hydrogen-bond donors (Lipinski definition) is 0. The SMILES string of the molecule is CCn1cncc1C(=O)N1CCC[C@H](c2cc(C(F)(F)F)c3c(C)noc3n2)C1. The monoisotopic (exact) mass is 407 g/mol. The summed E-state index contributed by atoms with van der Waals surface area (Å²) < 4.78 is 47.6. The summed E-state index contributed by atoms with van der Waals surface area (Å²) in [5, 5.41) is 3.53. The number of halogens is 3. The van der Waals surface area contributed by atoms with Crippen molar-refractivity contribution in [1.29, 1.82) is 0 Å². The van der Waals surface area contributed by atoms with Gasteiger partial charge in [-0.3, -0.25) is 4.79 Å². The molecule has 1 amide bonds. The first-order valence-electron chi connectivity index (χ1n) is 9.43. The van der Waals surface area contributed by atoms with Gasteiger partial charge in [0.05, 0.1) is 34.9 Å². The highest BCUT2D eigenvalue weighted by Gasteiger charge is 2.37. The van der Waals surface area contributed by atoms with Crippen LogP contribution in [0.15, 0.2) is 23.1 Å². The molecule has 1 aliphatic rings. The zero-order valence-corrected chi connectivity index (χ0v) is 16.0. The molecule has 3 aromatic heterocycles. The minimum atomic E-state index is -4.55. The van der Waals surface area contributed by atoms with Gasteiger partial charge in [-0.05, 0) is 32.8 Å². The van der Waals surface area contributed by atoms with E-state index in [1.165, 1.54) is 13.1 Å². The maximum Gasteiger partial charge on any atom is 0.417 e. The molecular formula is C19H20F3N5O2. The van der Waals surface area contributed by atoms with Crippen LogP contribution >= 0.6 is 0 Å². The number of likely N-dealkylation sites (tertiary alicyclic amines) is 1. The minimum Gasteiger partial charge on any atom is -0.337 e. The molecule has 4 heterocycles. The van der Waals surface area contributed by atoms with Crippen LogP contribution in [-0.2, 0) is 12.7 Å². The highest BCUT2D eigenvalue weighted by atomic mass is 19.4. The molecule has 0 radical (unpaired) electrons. The van der Waals surface area contributed by atoms with Gasteiger partial charge in [0.1, 0.15) is 5.69 Å². The smallest absolute Gasteiger partial charge is 0.337 e. The fourth-order valence-corrected chi connectivity index (χ4v) is 3.86. The van der Waals surface area contributed by atoms with Gasteiger partial charge in [0.15, 0.2) is 0 Å². The number of carbonyl (C=O) groups excluding carboxylic acids is 1. The van der Waals surface area contributed by atoms with E-state index in [9.17, 15) is 18.0 Å². The van der Waals surface area contributed by atoms with Gasteiger partial charge >= 0.3 is 6.18 Å². The summed E-state index contributed by atoms with van der Waals surface area (Å²) in [4.78, 5) is 22.9. The number of imidazole rings is 1. The Bertz CT molecular complexity index is 1060. The Hall–Kier alpha value is -2.91. The second-order valence-corrected chi connectivity index (χ2v) is 7.20. The van der Waals surface area contributed by atoms with Crippen LogP contribution in [0.25, 0.3) is 11.1 Å². The number of amides is 1. The molecule has 1 aliphatic heterocycles. The molecule has 1 saturated heterocycles. The van der Waals surface area contributed by atoms with Crippen molar-refractivity contribution in [3.05, 3.63) is 41.2 Å². The Morgan fingerprint density at radius 2 is 2.17 bits per heavy atom. The molecule has 0 N–H and O–H groups in total. The van der Waals surface area contributed by atoms with E-state index in [1.54, 1.807) is 15.8 Å². The van der Waals surface area contributed by atoms with E-state index in [0.29, 0.717) is 31.6 Å². The van der Waals surface area contributed by atoms with Crippen LogP contribution in [0.5, 0.6) is 0 Å². The van der Waals surface area contributed by atoms with E-state index in [0.717, 1.165) is 6.07 Å². The predicted octanol–water partition coefficient (Wildman–Crippen LogP) is 3.79. The number of pyridine rings is 1. The summed E-state index contributed by atoms with van der Waals surface area (Å²) in [6, 6.07) is 1.07. The normalized spacial score (nSPS) is 17.8. The molecule has 0 bridgehead atoms. The number of piperidine rings is 1. The molecule has 0 saturated carbocycles. The third kappa shape index (κ3) is 3.47. The minimum absolute atomic E-state index is 0.114. The largest absolute Gasteiger partial charge is 0.417 e. The van der Waals surface area contributed by atoms with Crippen molar-refractivity contribution < 1.29 is 22.5 Å². The third-order valence-corrected chi connectivity index (χ3v) is 5.34. The number of aryl methyl sites for hydroxylation is 2. The van der Waals surface area contributed by atoms with Gasteiger partial charge < -0.3 is 14.0 Å². The Labute approximate surface area is 164 Å². The van der Waals surface area contributed by atoms with Crippen molar-refractivity contribution in [2.75, 3.05) is 13.1 Å². The van der Waals surface area contributed by atoms with Crippen LogP contribution < -0.4 is 0 Å². The molecule has 0 spiro atoms. The average molecular weight is 407 g/mol. The summed E-state index contributed by atoms with van der Waals surface area (Å²) >= 11 is 0. The van der Waals surface area contributed by atoms with Crippen LogP contribution in [-0.4, -0.2) is 43.6 Å². The predicted molar refractivity (Wildman–Crippen MR) is 97.3 cm³/mol. The first-order chi connectivity index (χ1) is 13.8.